The standard InChI is InChI=1S/C14H18N4O6/c1-8(14(21)22)17-13(20)10-3-4-11(12(7-10)18(23)24)16-6-5-15-9(2)19/h3-4,7-8,16H,5-6H2,1-2H3,(H,15,19)(H,17,20)(H,21,22)/t8-/m0/s1. The van der Waals surface area contributed by atoms with Gasteiger partial charge in [0.15, 0.2) is 0 Å². The minimum atomic E-state index is -1.21. The summed E-state index contributed by atoms with van der Waals surface area (Å²) in [5.41, 5.74) is -0.163. The number of benzene rings is 1. The second-order valence-corrected chi connectivity index (χ2v) is 4.93. The number of carboxylic acids is 1. The van der Waals surface area contributed by atoms with Gasteiger partial charge in [0.1, 0.15) is 11.7 Å². The molecule has 0 radical (unpaired) electrons. The van der Waals surface area contributed by atoms with E-state index in [0.29, 0.717) is 0 Å². The predicted molar refractivity (Wildman–Crippen MR) is 84.8 cm³/mol. The Morgan fingerprint density at radius 2 is 1.96 bits per heavy atom. The molecular formula is C14H18N4O6. The Hall–Kier alpha value is -3.17. The fourth-order valence-electron chi connectivity index (χ4n) is 1.75. The van der Waals surface area contributed by atoms with Gasteiger partial charge in [0.25, 0.3) is 11.6 Å². The number of carboxylic acid groups (broad SMARTS) is 1. The van der Waals surface area contributed by atoms with Crippen molar-refractivity contribution in [2.45, 2.75) is 19.9 Å². The third-order valence-corrected chi connectivity index (χ3v) is 2.99. The topological polar surface area (TPSA) is 151 Å². The molecule has 24 heavy (non-hydrogen) atoms. The van der Waals surface area contributed by atoms with Crippen molar-refractivity contribution in [2.24, 2.45) is 0 Å². The molecule has 0 aliphatic carbocycles. The summed E-state index contributed by atoms with van der Waals surface area (Å²) >= 11 is 0. The van der Waals surface area contributed by atoms with E-state index in [4.69, 9.17) is 5.11 Å². The number of hydrogen-bond acceptors (Lipinski definition) is 6. The maximum Gasteiger partial charge on any atom is 0.325 e. The smallest absolute Gasteiger partial charge is 0.325 e. The molecule has 0 aliphatic heterocycles. The van der Waals surface area contributed by atoms with Crippen molar-refractivity contribution in [3.05, 3.63) is 33.9 Å². The molecule has 0 heterocycles. The summed E-state index contributed by atoms with van der Waals surface area (Å²) in [6, 6.07) is 2.64. The summed E-state index contributed by atoms with van der Waals surface area (Å²) in [7, 11) is 0. The third kappa shape index (κ3) is 5.55. The average molecular weight is 338 g/mol. The van der Waals surface area contributed by atoms with Gasteiger partial charge in [-0.1, -0.05) is 0 Å². The molecule has 1 rings (SSSR count). The maximum atomic E-state index is 11.9. The number of rotatable bonds is 8. The molecule has 0 saturated carbocycles. The van der Waals surface area contributed by atoms with Gasteiger partial charge in [-0.15, -0.1) is 0 Å². The highest BCUT2D eigenvalue weighted by Crippen LogP contribution is 2.25. The van der Waals surface area contributed by atoms with Crippen LogP contribution in [0, 0.1) is 10.1 Å². The molecule has 0 aromatic heterocycles. The minimum absolute atomic E-state index is 0.0257. The monoisotopic (exact) mass is 338 g/mol. The second kappa shape index (κ2) is 8.46. The summed E-state index contributed by atoms with van der Waals surface area (Å²) < 4.78 is 0. The number of anilines is 1. The summed E-state index contributed by atoms with van der Waals surface area (Å²) in [4.78, 5) is 43.9. The van der Waals surface area contributed by atoms with Crippen LogP contribution >= 0.6 is 0 Å². The lowest BCUT2D eigenvalue weighted by molar-refractivity contribution is -0.384. The van der Waals surface area contributed by atoms with Crippen molar-refractivity contribution in [2.75, 3.05) is 18.4 Å². The van der Waals surface area contributed by atoms with E-state index in [1.165, 1.54) is 26.0 Å². The van der Waals surface area contributed by atoms with Gasteiger partial charge in [0.2, 0.25) is 5.91 Å². The molecule has 0 aliphatic rings. The molecule has 0 spiro atoms. The van der Waals surface area contributed by atoms with Crippen LogP contribution in [-0.2, 0) is 9.59 Å². The lowest BCUT2D eigenvalue weighted by Crippen LogP contribution is -2.38. The van der Waals surface area contributed by atoms with Crippen LogP contribution < -0.4 is 16.0 Å². The van der Waals surface area contributed by atoms with Crippen LogP contribution in [0.4, 0.5) is 11.4 Å². The van der Waals surface area contributed by atoms with Gasteiger partial charge in [-0.2, -0.15) is 0 Å². The third-order valence-electron chi connectivity index (χ3n) is 2.99. The van der Waals surface area contributed by atoms with Crippen LogP contribution in [0.2, 0.25) is 0 Å². The predicted octanol–water partition coefficient (Wildman–Crippen LogP) is 0.346. The van der Waals surface area contributed by atoms with Crippen molar-refractivity contribution in [1.29, 1.82) is 0 Å². The van der Waals surface area contributed by atoms with Gasteiger partial charge in [-0.3, -0.25) is 24.5 Å². The van der Waals surface area contributed by atoms with E-state index in [1.807, 2.05) is 0 Å². The van der Waals surface area contributed by atoms with Gasteiger partial charge in [-0.05, 0) is 19.1 Å². The first-order chi connectivity index (χ1) is 11.2. The highest BCUT2D eigenvalue weighted by molar-refractivity contribution is 5.97. The molecule has 0 unspecified atom stereocenters. The number of carbonyl (C=O) groups is 3. The van der Waals surface area contributed by atoms with Crippen molar-refractivity contribution < 1.29 is 24.4 Å². The molecule has 0 bridgehead atoms. The number of nitro groups is 1. The Balaban J connectivity index is 2.86. The minimum Gasteiger partial charge on any atom is -0.480 e. The van der Waals surface area contributed by atoms with Crippen molar-refractivity contribution in [3.63, 3.8) is 0 Å². The highest BCUT2D eigenvalue weighted by atomic mass is 16.6. The lowest BCUT2D eigenvalue weighted by atomic mass is 10.1. The van der Waals surface area contributed by atoms with Crippen LogP contribution in [0.3, 0.4) is 0 Å². The zero-order valence-corrected chi connectivity index (χ0v) is 13.2. The Morgan fingerprint density at radius 3 is 2.50 bits per heavy atom. The molecule has 10 nitrogen and oxygen atoms in total. The van der Waals surface area contributed by atoms with Gasteiger partial charge in [-0.25, -0.2) is 0 Å². The maximum absolute atomic E-state index is 11.9. The molecule has 0 saturated heterocycles. The molecule has 2 amide bonds. The largest absolute Gasteiger partial charge is 0.480 e. The van der Waals surface area contributed by atoms with Crippen LogP contribution in [0.5, 0.6) is 0 Å². The van der Waals surface area contributed by atoms with E-state index < -0.39 is 22.8 Å². The fourth-order valence-corrected chi connectivity index (χ4v) is 1.75. The summed E-state index contributed by atoms with van der Waals surface area (Å²) in [5.74, 6) is -2.15. The Bertz CT molecular complexity index is 661. The highest BCUT2D eigenvalue weighted by Gasteiger charge is 2.20. The Kier molecular flexibility index (Phi) is 6.65. The summed E-state index contributed by atoms with van der Waals surface area (Å²) in [6.07, 6.45) is 0. The molecule has 1 aromatic rings. The zero-order valence-electron chi connectivity index (χ0n) is 13.2. The number of carbonyl (C=O) groups excluding carboxylic acids is 2. The van der Waals surface area contributed by atoms with Gasteiger partial charge < -0.3 is 21.1 Å². The summed E-state index contributed by atoms with van der Waals surface area (Å²) in [5, 5.41) is 27.4. The molecule has 1 aromatic carbocycles. The van der Waals surface area contributed by atoms with Crippen LogP contribution in [0.1, 0.15) is 24.2 Å². The molecule has 4 N–H and O–H groups in total. The normalized spacial score (nSPS) is 11.2. The Morgan fingerprint density at radius 1 is 1.29 bits per heavy atom. The molecule has 10 heteroatoms. The molecule has 130 valence electrons. The van der Waals surface area contributed by atoms with Gasteiger partial charge in [0, 0.05) is 31.6 Å². The number of nitro benzene ring substituents is 1. The summed E-state index contributed by atoms with van der Waals surface area (Å²) in [6.45, 7) is 3.19. The quantitative estimate of drug-likeness (QED) is 0.303. The zero-order chi connectivity index (χ0) is 18.3. The van der Waals surface area contributed by atoms with Crippen LogP contribution in [0.25, 0.3) is 0 Å². The SMILES string of the molecule is CC(=O)NCCNc1ccc(C(=O)N[C@@H](C)C(=O)O)cc1[N+](=O)[O-]. The number of nitrogens with zero attached hydrogens (tertiary/aromatic N) is 1. The van der Waals surface area contributed by atoms with E-state index in [2.05, 4.69) is 16.0 Å². The van der Waals surface area contributed by atoms with E-state index >= 15 is 0 Å². The fraction of sp³-hybridized carbons (Fsp3) is 0.357. The average Bonchev–Trinajstić information content (AvgIpc) is 2.50. The van der Waals surface area contributed by atoms with E-state index in [-0.39, 0.29) is 35.9 Å². The number of nitrogens with one attached hydrogen (secondary N) is 3. The first-order valence-electron chi connectivity index (χ1n) is 7.02. The van der Waals surface area contributed by atoms with Crippen molar-refractivity contribution >= 4 is 29.2 Å². The molecular weight excluding hydrogens is 320 g/mol. The number of aliphatic carboxylic acids is 1. The first kappa shape index (κ1) is 18.9. The van der Waals surface area contributed by atoms with E-state index in [1.54, 1.807) is 0 Å². The molecule has 1 atom stereocenters. The van der Waals surface area contributed by atoms with Gasteiger partial charge >= 0.3 is 5.97 Å². The number of amides is 2. The van der Waals surface area contributed by atoms with Crippen LogP contribution in [0.15, 0.2) is 18.2 Å². The van der Waals surface area contributed by atoms with Crippen molar-refractivity contribution in [3.8, 4) is 0 Å². The van der Waals surface area contributed by atoms with Crippen molar-refractivity contribution in [1.82, 2.24) is 10.6 Å². The van der Waals surface area contributed by atoms with Crippen LogP contribution in [-0.4, -0.2) is 46.9 Å². The lowest BCUT2D eigenvalue weighted by Gasteiger charge is -2.11. The van der Waals surface area contributed by atoms with Gasteiger partial charge in [0.05, 0.1) is 4.92 Å². The van der Waals surface area contributed by atoms with E-state index in [9.17, 15) is 24.5 Å². The van der Waals surface area contributed by atoms with E-state index in [0.717, 1.165) is 6.07 Å². The second-order valence-electron chi connectivity index (χ2n) is 4.93. The number of hydrogen-bond donors (Lipinski definition) is 4. The molecule has 0 fully saturated rings. The Labute approximate surface area is 137 Å². The first-order valence-corrected chi connectivity index (χ1v) is 7.02.